The fraction of sp³-hybridized carbons (Fsp3) is 0.120. The highest BCUT2D eigenvalue weighted by Crippen LogP contribution is 2.25. The molecule has 36 heavy (non-hydrogen) atoms. The molecule has 0 fully saturated rings. The van der Waals surface area contributed by atoms with Crippen LogP contribution in [0.5, 0.6) is 5.75 Å². The highest BCUT2D eigenvalue weighted by Gasteiger charge is 2.17. The molecule has 0 aliphatic heterocycles. The summed E-state index contributed by atoms with van der Waals surface area (Å²) in [5.41, 5.74) is -0.295. The molecule has 0 aliphatic carbocycles. The zero-order valence-corrected chi connectivity index (χ0v) is 19.6. The number of nitrogens with one attached hydrogen (secondary N) is 2. The Morgan fingerprint density at radius 3 is 2.25 bits per heavy atom. The van der Waals surface area contributed by atoms with E-state index in [1.807, 2.05) is 25.1 Å². The van der Waals surface area contributed by atoms with Gasteiger partial charge in [-0.05, 0) is 41.6 Å². The first-order valence-corrected chi connectivity index (χ1v) is 10.6. The summed E-state index contributed by atoms with van der Waals surface area (Å²) in [5, 5.41) is 21.7. The molecule has 0 saturated heterocycles. The number of carboxylic acids is 2. The number of benzene rings is 2. The van der Waals surface area contributed by atoms with Gasteiger partial charge in [-0.2, -0.15) is 0 Å². The van der Waals surface area contributed by atoms with Gasteiger partial charge in [-0.25, -0.2) is 14.3 Å². The van der Waals surface area contributed by atoms with Crippen molar-refractivity contribution in [1.29, 1.82) is 0 Å². The van der Waals surface area contributed by atoms with Crippen LogP contribution in [0.3, 0.4) is 0 Å². The van der Waals surface area contributed by atoms with Crippen LogP contribution in [-0.4, -0.2) is 58.1 Å². The molecule has 2 aromatic carbocycles. The molecule has 2 heterocycles. The van der Waals surface area contributed by atoms with E-state index in [9.17, 15) is 29.4 Å². The number of carbonyl (C=O) groups is 2. The summed E-state index contributed by atoms with van der Waals surface area (Å²) in [6.07, 6.45) is 1.56. The molecule has 0 spiro atoms. The van der Waals surface area contributed by atoms with Crippen molar-refractivity contribution < 1.29 is 24.5 Å². The van der Waals surface area contributed by atoms with Gasteiger partial charge in [0.15, 0.2) is 0 Å². The number of ether oxygens (including phenoxy) is 1. The molecule has 11 nitrogen and oxygen atoms in total. The first-order chi connectivity index (χ1) is 17.0. The van der Waals surface area contributed by atoms with Crippen LogP contribution in [0.1, 0.15) is 26.3 Å². The van der Waals surface area contributed by atoms with Crippen molar-refractivity contribution in [2.24, 2.45) is 0 Å². The molecular formula is C25H22N4O7. The monoisotopic (exact) mass is 490 g/mol. The minimum Gasteiger partial charge on any atom is -0.496 e. The third-order valence-corrected chi connectivity index (χ3v) is 5.70. The van der Waals surface area contributed by atoms with Gasteiger partial charge in [-0.1, -0.05) is 6.58 Å². The predicted molar refractivity (Wildman–Crippen MR) is 134 cm³/mol. The Morgan fingerprint density at radius 2 is 1.69 bits per heavy atom. The lowest BCUT2D eigenvalue weighted by atomic mass is 10.1. The van der Waals surface area contributed by atoms with Crippen LogP contribution in [0.25, 0.3) is 29.4 Å². The van der Waals surface area contributed by atoms with Gasteiger partial charge in [0.2, 0.25) is 0 Å². The molecule has 0 aliphatic rings. The van der Waals surface area contributed by atoms with Crippen molar-refractivity contribution in [3.63, 3.8) is 0 Å². The van der Waals surface area contributed by atoms with Gasteiger partial charge >= 0.3 is 11.9 Å². The molecule has 0 saturated carbocycles. The van der Waals surface area contributed by atoms with Crippen LogP contribution >= 0.6 is 0 Å². The number of aromatic nitrogens is 3. The van der Waals surface area contributed by atoms with Crippen LogP contribution in [0.4, 0.5) is 5.69 Å². The van der Waals surface area contributed by atoms with Crippen molar-refractivity contribution in [3.05, 3.63) is 84.2 Å². The van der Waals surface area contributed by atoms with Gasteiger partial charge in [0.25, 0.3) is 11.1 Å². The average Bonchev–Trinajstić information content (AvgIpc) is 3.17. The van der Waals surface area contributed by atoms with Crippen molar-refractivity contribution >= 4 is 41.3 Å². The number of carboxylic acid groups (broad SMARTS) is 2. The molecule has 0 amide bonds. The molecule has 0 atom stereocenters. The van der Waals surface area contributed by atoms with Gasteiger partial charge in [-0.15, -0.1) is 0 Å². The van der Waals surface area contributed by atoms with Gasteiger partial charge < -0.3 is 24.8 Å². The van der Waals surface area contributed by atoms with E-state index < -0.39 is 23.1 Å². The SMILES string of the molecule is C=c1c(=Cc2ccc(N(C)C)cc2OC)c(=O)[nH]c2[nH]n(-c3cc(C(=O)O)cc(C(=O)O)c3)c(=O)c12. The van der Waals surface area contributed by atoms with Gasteiger partial charge in [0.1, 0.15) is 11.4 Å². The fourth-order valence-electron chi connectivity index (χ4n) is 3.83. The minimum atomic E-state index is -1.36. The number of rotatable bonds is 6. The predicted octanol–water partition coefficient (Wildman–Crippen LogP) is 0.717. The summed E-state index contributed by atoms with van der Waals surface area (Å²) < 4.78 is 6.43. The summed E-state index contributed by atoms with van der Waals surface area (Å²) in [6, 6.07) is 8.71. The van der Waals surface area contributed by atoms with E-state index >= 15 is 0 Å². The molecule has 4 aromatic rings. The standard InChI is InChI=1S/C25H22N4O7/c1-12-18(10-13-5-6-16(28(2)3)11-19(13)36-4)22(30)26-21-20(12)23(31)29(27-21)17-8-14(24(32)33)7-15(9-17)25(34)35/h5-11,27H,1H2,2-4H3,(H,26,30)(H,32,33)(H,34,35). The van der Waals surface area contributed by atoms with E-state index in [1.54, 1.807) is 18.2 Å². The van der Waals surface area contributed by atoms with Crippen molar-refractivity contribution in [3.8, 4) is 11.4 Å². The van der Waals surface area contributed by atoms with Crippen molar-refractivity contribution in [2.45, 2.75) is 0 Å². The molecular weight excluding hydrogens is 468 g/mol. The number of anilines is 1. The quantitative estimate of drug-likeness (QED) is 0.308. The zero-order valence-electron chi connectivity index (χ0n) is 19.6. The summed E-state index contributed by atoms with van der Waals surface area (Å²) >= 11 is 0. The number of aromatic amines is 2. The summed E-state index contributed by atoms with van der Waals surface area (Å²) in [4.78, 5) is 53.7. The maximum Gasteiger partial charge on any atom is 0.335 e. The number of methoxy groups -OCH3 is 1. The van der Waals surface area contributed by atoms with Crippen molar-refractivity contribution in [2.75, 3.05) is 26.1 Å². The maximum absolute atomic E-state index is 13.3. The number of fused-ring (bicyclic) bond motifs is 1. The molecule has 4 rings (SSSR count). The Balaban J connectivity index is 1.98. The molecule has 184 valence electrons. The van der Waals surface area contributed by atoms with E-state index in [0.29, 0.717) is 11.3 Å². The highest BCUT2D eigenvalue weighted by atomic mass is 16.5. The Bertz CT molecular complexity index is 1740. The largest absolute Gasteiger partial charge is 0.496 e. The Morgan fingerprint density at radius 1 is 1.06 bits per heavy atom. The van der Waals surface area contributed by atoms with Gasteiger partial charge in [0.05, 0.1) is 29.3 Å². The number of H-pyrrole nitrogens is 2. The second-order valence-electron chi connectivity index (χ2n) is 8.19. The third-order valence-electron chi connectivity index (χ3n) is 5.70. The Labute approximate surface area is 202 Å². The number of hydrogen-bond acceptors (Lipinski definition) is 6. The van der Waals surface area contributed by atoms with Crippen LogP contribution in [-0.2, 0) is 0 Å². The van der Waals surface area contributed by atoms with Crippen molar-refractivity contribution in [1.82, 2.24) is 14.8 Å². The van der Waals surface area contributed by atoms with E-state index in [2.05, 4.69) is 16.7 Å². The summed E-state index contributed by atoms with van der Waals surface area (Å²) in [7, 11) is 5.27. The molecule has 0 bridgehead atoms. The maximum atomic E-state index is 13.3. The lowest BCUT2D eigenvalue weighted by Gasteiger charge is -2.14. The van der Waals surface area contributed by atoms with E-state index in [-0.39, 0.29) is 38.3 Å². The molecule has 11 heteroatoms. The van der Waals surface area contributed by atoms with E-state index in [0.717, 1.165) is 28.6 Å². The normalized spacial score (nSPS) is 11.6. The molecule has 2 aromatic heterocycles. The van der Waals surface area contributed by atoms with E-state index in [4.69, 9.17) is 4.74 Å². The topological polar surface area (TPSA) is 158 Å². The number of nitrogens with zero attached hydrogens (tertiary/aromatic N) is 2. The Kier molecular flexibility index (Phi) is 5.98. The summed E-state index contributed by atoms with van der Waals surface area (Å²) in [6.45, 7) is 3.94. The lowest BCUT2D eigenvalue weighted by Crippen LogP contribution is -2.41. The number of aromatic carboxylic acids is 2. The molecule has 0 radical (unpaired) electrons. The van der Waals surface area contributed by atoms with Gasteiger partial charge in [0, 0.05) is 36.6 Å². The highest BCUT2D eigenvalue weighted by molar-refractivity contribution is 5.95. The second kappa shape index (κ2) is 8.95. The van der Waals surface area contributed by atoms with E-state index in [1.165, 1.54) is 7.11 Å². The van der Waals surface area contributed by atoms with Crippen LogP contribution in [0.15, 0.2) is 46.0 Å². The van der Waals surface area contributed by atoms with Crippen LogP contribution in [0, 0.1) is 0 Å². The smallest absolute Gasteiger partial charge is 0.335 e. The van der Waals surface area contributed by atoms with Gasteiger partial charge in [-0.3, -0.25) is 14.7 Å². The summed E-state index contributed by atoms with van der Waals surface area (Å²) in [5.74, 6) is -2.21. The Hall–Kier alpha value is -5.06. The molecule has 0 unspecified atom stereocenters. The fourth-order valence-corrected chi connectivity index (χ4v) is 3.83. The number of pyridine rings is 1. The van der Waals surface area contributed by atoms with Crippen LogP contribution < -0.4 is 31.2 Å². The number of hydrogen-bond donors (Lipinski definition) is 4. The lowest BCUT2D eigenvalue weighted by molar-refractivity contribution is 0.0696. The first kappa shape index (κ1) is 24.1. The molecule has 4 N–H and O–H groups in total. The zero-order chi connectivity index (χ0) is 26.3. The minimum absolute atomic E-state index is 0.0276. The van der Waals surface area contributed by atoms with Crippen LogP contribution in [0.2, 0.25) is 0 Å². The average molecular weight is 490 g/mol. The first-order valence-electron chi connectivity index (χ1n) is 10.6. The third kappa shape index (κ3) is 4.13. The second-order valence-corrected chi connectivity index (χ2v) is 8.19.